The maximum Gasteiger partial charge on any atom is 0.251 e. The fourth-order valence-electron chi connectivity index (χ4n) is 1.80. The lowest BCUT2D eigenvalue weighted by atomic mass is 10.1. The van der Waals surface area contributed by atoms with Crippen molar-refractivity contribution in [3.05, 3.63) is 53.2 Å². The molecule has 5 heteroatoms. The number of rotatable bonds is 4. The van der Waals surface area contributed by atoms with Gasteiger partial charge in [-0.2, -0.15) is 0 Å². The van der Waals surface area contributed by atoms with E-state index in [2.05, 4.69) is 10.3 Å². The second kappa shape index (κ2) is 6.06. The summed E-state index contributed by atoms with van der Waals surface area (Å²) in [6, 6.07) is 8.91. The molecule has 0 aliphatic rings. The Morgan fingerprint density at radius 2 is 2.20 bits per heavy atom. The third-order valence-electron chi connectivity index (χ3n) is 3.02. The Morgan fingerprint density at radius 3 is 2.90 bits per heavy atom. The number of hydrogen-bond donors (Lipinski definition) is 2. The highest BCUT2D eigenvalue weighted by Crippen LogP contribution is 2.15. The second-order valence-electron chi connectivity index (χ2n) is 4.43. The fourth-order valence-corrected chi connectivity index (χ4v) is 1.80. The lowest BCUT2D eigenvalue weighted by Crippen LogP contribution is -2.23. The summed E-state index contributed by atoms with van der Waals surface area (Å²) in [6.45, 7) is 2.25. The summed E-state index contributed by atoms with van der Waals surface area (Å²) in [7, 11) is 1.55. The summed E-state index contributed by atoms with van der Waals surface area (Å²) >= 11 is 0. The van der Waals surface area contributed by atoms with Crippen LogP contribution in [0.4, 0.5) is 5.69 Å². The highest BCUT2D eigenvalue weighted by molar-refractivity contribution is 5.95. The molecule has 3 N–H and O–H groups in total. The molecule has 0 aliphatic carbocycles. The number of carbonyl (C=O) groups is 1. The van der Waals surface area contributed by atoms with Crippen LogP contribution in [0.2, 0.25) is 0 Å². The van der Waals surface area contributed by atoms with Crippen LogP contribution in [0.15, 0.2) is 36.5 Å². The molecule has 2 aromatic rings. The van der Waals surface area contributed by atoms with Crippen LogP contribution in [-0.2, 0) is 6.54 Å². The SMILES string of the molecule is COc1ncccc1CNC(=O)c1ccc(C)c(N)c1. The predicted octanol–water partition coefficient (Wildman–Crippen LogP) is 1.91. The van der Waals surface area contributed by atoms with Gasteiger partial charge < -0.3 is 15.8 Å². The highest BCUT2D eigenvalue weighted by Gasteiger charge is 2.09. The molecule has 0 fully saturated rings. The van der Waals surface area contributed by atoms with Crippen molar-refractivity contribution in [3.8, 4) is 5.88 Å². The number of carbonyl (C=O) groups excluding carboxylic acids is 1. The van der Waals surface area contributed by atoms with Crippen LogP contribution >= 0.6 is 0 Å². The van der Waals surface area contributed by atoms with Gasteiger partial charge in [0.1, 0.15) is 0 Å². The molecule has 0 unspecified atom stereocenters. The number of aryl methyl sites for hydroxylation is 1. The van der Waals surface area contributed by atoms with Crippen molar-refractivity contribution >= 4 is 11.6 Å². The van der Waals surface area contributed by atoms with Crippen molar-refractivity contribution < 1.29 is 9.53 Å². The number of hydrogen-bond acceptors (Lipinski definition) is 4. The van der Waals surface area contributed by atoms with Crippen LogP contribution in [0.1, 0.15) is 21.5 Å². The molecule has 2 rings (SSSR count). The second-order valence-corrected chi connectivity index (χ2v) is 4.43. The van der Waals surface area contributed by atoms with Gasteiger partial charge in [-0.15, -0.1) is 0 Å². The molecule has 1 aromatic heterocycles. The molecule has 1 aromatic carbocycles. The van der Waals surface area contributed by atoms with Crippen LogP contribution in [0.5, 0.6) is 5.88 Å². The zero-order chi connectivity index (χ0) is 14.5. The van der Waals surface area contributed by atoms with Crippen molar-refractivity contribution in [2.45, 2.75) is 13.5 Å². The Labute approximate surface area is 117 Å². The third kappa shape index (κ3) is 3.06. The van der Waals surface area contributed by atoms with Crippen molar-refractivity contribution in [1.82, 2.24) is 10.3 Å². The molecular weight excluding hydrogens is 254 g/mol. The van der Waals surface area contributed by atoms with Crippen molar-refractivity contribution in [2.75, 3.05) is 12.8 Å². The lowest BCUT2D eigenvalue weighted by molar-refractivity contribution is 0.0950. The number of ether oxygens (including phenoxy) is 1. The summed E-state index contributed by atoms with van der Waals surface area (Å²) in [5, 5.41) is 2.82. The van der Waals surface area contributed by atoms with E-state index in [1.807, 2.05) is 19.1 Å². The van der Waals surface area contributed by atoms with E-state index >= 15 is 0 Å². The molecular formula is C15H17N3O2. The van der Waals surface area contributed by atoms with Crippen LogP contribution in [0, 0.1) is 6.92 Å². The number of benzene rings is 1. The number of methoxy groups -OCH3 is 1. The quantitative estimate of drug-likeness (QED) is 0.833. The number of nitrogens with two attached hydrogens (primary N) is 1. The van der Waals surface area contributed by atoms with Gasteiger partial charge in [0.25, 0.3) is 5.91 Å². The maximum atomic E-state index is 12.1. The highest BCUT2D eigenvalue weighted by atomic mass is 16.5. The lowest BCUT2D eigenvalue weighted by Gasteiger charge is -2.09. The average molecular weight is 271 g/mol. The summed E-state index contributed by atoms with van der Waals surface area (Å²) in [4.78, 5) is 16.1. The van der Waals surface area contributed by atoms with Gasteiger partial charge in [0, 0.05) is 29.6 Å². The summed E-state index contributed by atoms with van der Waals surface area (Å²) < 4.78 is 5.14. The Balaban J connectivity index is 2.06. The minimum Gasteiger partial charge on any atom is -0.481 e. The van der Waals surface area contributed by atoms with Gasteiger partial charge in [-0.1, -0.05) is 12.1 Å². The smallest absolute Gasteiger partial charge is 0.251 e. The number of nitrogens with zero attached hydrogens (tertiary/aromatic N) is 1. The first-order valence-electron chi connectivity index (χ1n) is 6.24. The molecule has 0 saturated carbocycles. The standard InChI is InChI=1S/C15H17N3O2/c1-10-5-6-11(8-13(10)16)14(19)18-9-12-4-3-7-17-15(12)20-2/h3-8H,9,16H2,1-2H3,(H,18,19). The molecule has 0 saturated heterocycles. The maximum absolute atomic E-state index is 12.1. The van der Waals surface area contributed by atoms with Crippen LogP contribution in [-0.4, -0.2) is 18.0 Å². The fraction of sp³-hybridized carbons (Fsp3) is 0.200. The molecule has 1 heterocycles. The number of pyridine rings is 1. The third-order valence-corrected chi connectivity index (χ3v) is 3.02. The zero-order valence-electron chi connectivity index (χ0n) is 11.5. The first-order valence-corrected chi connectivity index (χ1v) is 6.24. The van der Waals surface area contributed by atoms with Crippen LogP contribution < -0.4 is 15.8 Å². The monoisotopic (exact) mass is 271 g/mol. The van der Waals surface area contributed by atoms with Gasteiger partial charge in [0.2, 0.25) is 5.88 Å². The molecule has 0 bridgehead atoms. The topological polar surface area (TPSA) is 77.2 Å². The molecule has 0 aliphatic heterocycles. The van der Waals surface area contributed by atoms with Crippen LogP contribution in [0.3, 0.4) is 0 Å². The first kappa shape index (κ1) is 13.9. The molecule has 1 amide bonds. The molecule has 0 atom stereocenters. The summed E-state index contributed by atoms with van der Waals surface area (Å²) in [6.07, 6.45) is 1.64. The summed E-state index contributed by atoms with van der Waals surface area (Å²) in [5.74, 6) is 0.332. The molecule has 5 nitrogen and oxygen atoms in total. The first-order chi connectivity index (χ1) is 9.61. The normalized spacial score (nSPS) is 10.1. The van der Waals surface area contributed by atoms with Gasteiger partial charge in [-0.25, -0.2) is 4.98 Å². The van der Waals surface area contributed by atoms with Gasteiger partial charge in [-0.05, 0) is 30.7 Å². The number of nitrogen functional groups attached to an aromatic ring is 1. The molecule has 104 valence electrons. The van der Waals surface area contributed by atoms with Crippen molar-refractivity contribution in [2.24, 2.45) is 0 Å². The number of nitrogens with one attached hydrogen (secondary N) is 1. The average Bonchev–Trinajstić information content (AvgIpc) is 2.47. The van der Waals surface area contributed by atoms with Crippen LogP contribution in [0.25, 0.3) is 0 Å². The number of aromatic nitrogens is 1. The molecule has 20 heavy (non-hydrogen) atoms. The Hall–Kier alpha value is -2.56. The minimum absolute atomic E-state index is 0.178. The van der Waals surface area contributed by atoms with Gasteiger partial charge in [0.15, 0.2) is 0 Å². The van der Waals surface area contributed by atoms with E-state index in [4.69, 9.17) is 10.5 Å². The molecule has 0 radical (unpaired) electrons. The van der Waals surface area contributed by atoms with Crippen molar-refractivity contribution in [3.63, 3.8) is 0 Å². The van der Waals surface area contributed by atoms with E-state index in [1.54, 1.807) is 31.5 Å². The molecule has 0 spiro atoms. The zero-order valence-corrected chi connectivity index (χ0v) is 11.5. The van der Waals surface area contributed by atoms with E-state index in [9.17, 15) is 4.79 Å². The van der Waals surface area contributed by atoms with E-state index in [0.29, 0.717) is 23.7 Å². The predicted molar refractivity (Wildman–Crippen MR) is 77.6 cm³/mol. The Kier molecular flexibility index (Phi) is 4.20. The van der Waals surface area contributed by atoms with E-state index < -0.39 is 0 Å². The summed E-state index contributed by atoms with van der Waals surface area (Å²) in [5.41, 5.74) is 8.72. The number of anilines is 1. The van der Waals surface area contributed by atoms with E-state index in [-0.39, 0.29) is 5.91 Å². The minimum atomic E-state index is -0.178. The largest absolute Gasteiger partial charge is 0.481 e. The van der Waals surface area contributed by atoms with E-state index in [0.717, 1.165) is 11.1 Å². The van der Waals surface area contributed by atoms with Gasteiger partial charge in [0.05, 0.1) is 7.11 Å². The Bertz CT molecular complexity index is 626. The van der Waals surface area contributed by atoms with Gasteiger partial charge >= 0.3 is 0 Å². The number of amides is 1. The van der Waals surface area contributed by atoms with Gasteiger partial charge in [-0.3, -0.25) is 4.79 Å². The van der Waals surface area contributed by atoms with E-state index in [1.165, 1.54) is 0 Å². The van der Waals surface area contributed by atoms with Crippen molar-refractivity contribution in [1.29, 1.82) is 0 Å². The Morgan fingerprint density at radius 1 is 1.40 bits per heavy atom.